The van der Waals surface area contributed by atoms with Gasteiger partial charge in [0.2, 0.25) is 5.91 Å². The molecule has 1 aromatic carbocycles. The number of aliphatic hydroxyl groups excluding tert-OH is 1. The van der Waals surface area contributed by atoms with Crippen molar-refractivity contribution in [1.82, 2.24) is 4.90 Å². The molecule has 1 aliphatic heterocycles. The number of hydrogen-bond acceptors (Lipinski definition) is 6. The van der Waals surface area contributed by atoms with Gasteiger partial charge in [0.15, 0.2) is 0 Å². The summed E-state index contributed by atoms with van der Waals surface area (Å²) in [5, 5.41) is 22.4. The third-order valence-electron chi connectivity index (χ3n) is 4.11. The molecular weight excluding hydrogens is 314 g/mol. The number of nitro groups is 1. The summed E-state index contributed by atoms with van der Waals surface area (Å²) < 4.78 is 5.55. The number of nitro benzene ring substituents is 1. The third-order valence-corrected chi connectivity index (χ3v) is 4.11. The molecule has 0 radical (unpaired) electrons. The standard InChI is InChI=1S/C16H23N3O5/c1-12(18-7-3-6-15(11-18)24-9-8-20)16(21)17-13-4-2-5-14(10-13)19(22)23/h2,4-5,10,12,15,20H,3,6-9,11H2,1H3,(H,17,21)/t12-,15+/m0/s1. The molecule has 2 N–H and O–H groups in total. The SMILES string of the molecule is C[C@@H](C(=O)Nc1cccc([N+](=O)[O-])c1)N1CCC[C@@H](OCCO)C1. The van der Waals surface area contributed by atoms with Crippen molar-refractivity contribution in [3.05, 3.63) is 34.4 Å². The van der Waals surface area contributed by atoms with E-state index in [1.54, 1.807) is 13.0 Å². The van der Waals surface area contributed by atoms with Gasteiger partial charge in [-0.05, 0) is 32.4 Å². The van der Waals surface area contributed by atoms with Crippen molar-refractivity contribution in [2.75, 3.05) is 31.6 Å². The van der Waals surface area contributed by atoms with Gasteiger partial charge in [-0.25, -0.2) is 0 Å². The summed E-state index contributed by atoms with van der Waals surface area (Å²) in [5.41, 5.74) is 0.349. The number of ether oxygens (including phenoxy) is 1. The van der Waals surface area contributed by atoms with Gasteiger partial charge < -0.3 is 15.2 Å². The zero-order chi connectivity index (χ0) is 17.5. The number of non-ortho nitro benzene ring substituents is 1. The molecule has 1 aromatic rings. The molecule has 0 aromatic heterocycles. The monoisotopic (exact) mass is 337 g/mol. The Labute approximate surface area is 140 Å². The first-order chi connectivity index (χ1) is 11.5. The van der Waals surface area contributed by atoms with Crippen molar-refractivity contribution in [3.8, 4) is 0 Å². The van der Waals surface area contributed by atoms with Gasteiger partial charge >= 0.3 is 0 Å². The number of anilines is 1. The molecule has 0 unspecified atom stereocenters. The zero-order valence-electron chi connectivity index (χ0n) is 13.7. The Hall–Kier alpha value is -2.03. The fraction of sp³-hybridized carbons (Fsp3) is 0.562. The van der Waals surface area contributed by atoms with Crippen LogP contribution in [0.2, 0.25) is 0 Å². The first kappa shape index (κ1) is 18.3. The number of likely N-dealkylation sites (tertiary alicyclic amines) is 1. The van der Waals surface area contributed by atoms with E-state index in [1.807, 2.05) is 4.90 Å². The van der Waals surface area contributed by atoms with E-state index in [0.717, 1.165) is 19.4 Å². The van der Waals surface area contributed by atoms with Gasteiger partial charge in [-0.15, -0.1) is 0 Å². The summed E-state index contributed by atoms with van der Waals surface area (Å²) in [6, 6.07) is 5.52. The Kier molecular flexibility index (Phi) is 6.65. The second-order valence-corrected chi connectivity index (χ2v) is 5.83. The van der Waals surface area contributed by atoms with E-state index in [-0.39, 0.29) is 30.3 Å². The molecule has 1 fully saturated rings. The molecule has 1 amide bonds. The Balaban J connectivity index is 1.94. The second kappa shape index (κ2) is 8.72. The lowest BCUT2D eigenvalue weighted by Gasteiger charge is -2.35. The minimum absolute atomic E-state index is 0.0129. The van der Waals surface area contributed by atoms with Gasteiger partial charge in [-0.1, -0.05) is 6.07 Å². The number of nitrogens with one attached hydrogen (secondary N) is 1. The maximum absolute atomic E-state index is 12.4. The maximum Gasteiger partial charge on any atom is 0.271 e. The van der Waals surface area contributed by atoms with Crippen LogP contribution < -0.4 is 5.32 Å². The molecule has 0 bridgehead atoms. The van der Waals surface area contributed by atoms with E-state index in [4.69, 9.17) is 9.84 Å². The largest absolute Gasteiger partial charge is 0.394 e. The first-order valence-electron chi connectivity index (χ1n) is 8.03. The lowest BCUT2D eigenvalue weighted by Crippen LogP contribution is -2.49. The molecule has 0 aliphatic carbocycles. The van der Waals surface area contributed by atoms with Crippen LogP contribution in [0.15, 0.2) is 24.3 Å². The van der Waals surface area contributed by atoms with Crippen LogP contribution >= 0.6 is 0 Å². The number of hydrogen-bond donors (Lipinski definition) is 2. The fourth-order valence-corrected chi connectivity index (χ4v) is 2.78. The topological polar surface area (TPSA) is 105 Å². The highest BCUT2D eigenvalue weighted by molar-refractivity contribution is 5.94. The highest BCUT2D eigenvalue weighted by atomic mass is 16.6. The first-order valence-corrected chi connectivity index (χ1v) is 8.03. The number of piperidine rings is 1. The summed E-state index contributed by atoms with van der Waals surface area (Å²) in [4.78, 5) is 24.7. The average Bonchev–Trinajstić information content (AvgIpc) is 2.59. The minimum Gasteiger partial charge on any atom is -0.394 e. The molecule has 0 spiro atoms. The molecule has 132 valence electrons. The molecule has 24 heavy (non-hydrogen) atoms. The lowest BCUT2D eigenvalue weighted by atomic mass is 10.1. The van der Waals surface area contributed by atoms with Gasteiger partial charge in [0, 0.05) is 24.4 Å². The number of benzene rings is 1. The second-order valence-electron chi connectivity index (χ2n) is 5.83. The van der Waals surface area contributed by atoms with Crippen molar-refractivity contribution in [2.24, 2.45) is 0 Å². The highest BCUT2D eigenvalue weighted by Gasteiger charge is 2.28. The highest BCUT2D eigenvalue weighted by Crippen LogP contribution is 2.19. The molecule has 1 saturated heterocycles. The quantitative estimate of drug-likeness (QED) is 0.575. The number of carbonyl (C=O) groups is 1. The van der Waals surface area contributed by atoms with Crippen LogP contribution in [-0.2, 0) is 9.53 Å². The summed E-state index contributed by atoms with van der Waals surface area (Å²) in [6.45, 7) is 3.51. The van der Waals surface area contributed by atoms with Crippen LogP contribution in [0.25, 0.3) is 0 Å². The predicted molar refractivity (Wildman–Crippen MR) is 88.8 cm³/mol. The molecule has 2 rings (SSSR count). The van der Waals surface area contributed by atoms with Crippen LogP contribution in [0.5, 0.6) is 0 Å². The van der Waals surface area contributed by atoms with Crippen LogP contribution in [-0.4, -0.2) is 59.3 Å². The summed E-state index contributed by atoms with van der Waals surface area (Å²) >= 11 is 0. The average molecular weight is 337 g/mol. The van der Waals surface area contributed by atoms with E-state index in [9.17, 15) is 14.9 Å². The van der Waals surface area contributed by atoms with Crippen molar-refractivity contribution in [2.45, 2.75) is 31.9 Å². The molecule has 0 saturated carbocycles. The van der Waals surface area contributed by atoms with Gasteiger partial charge in [-0.2, -0.15) is 0 Å². The fourth-order valence-electron chi connectivity index (χ4n) is 2.78. The molecule has 1 heterocycles. The van der Waals surface area contributed by atoms with Crippen LogP contribution in [0, 0.1) is 10.1 Å². The molecular formula is C16H23N3O5. The van der Waals surface area contributed by atoms with Gasteiger partial charge in [0.05, 0.1) is 30.3 Å². The van der Waals surface area contributed by atoms with E-state index in [0.29, 0.717) is 18.8 Å². The zero-order valence-corrected chi connectivity index (χ0v) is 13.7. The molecule has 2 atom stereocenters. The third kappa shape index (κ3) is 4.98. The van der Waals surface area contributed by atoms with Gasteiger partial charge in [0.25, 0.3) is 5.69 Å². The van der Waals surface area contributed by atoms with Crippen LogP contribution in [0.4, 0.5) is 11.4 Å². The van der Waals surface area contributed by atoms with Crippen molar-refractivity contribution >= 4 is 17.3 Å². The molecule has 8 heteroatoms. The lowest BCUT2D eigenvalue weighted by molar-refractivity contribution is -0.384. The van der Waals surface area contributed by atoms with E-state index in [2.05, 4.69) is 5.32 Å². The number of aliphatic hydroxyl groups is 1. The number of nitrogens with zero attached hydrogens (tertiary/aromatic N) is 2. The van der Waals surface area contributed by atoms with E-state index >= 15 is 0 Å². The predicted octanol–water partition coefficient (Wildman–Crippen LogP) is 1.40. The Bertz CT molecular complexity index is 581. The number of rotatable bonds is 7. The summed E-state index contributed by atoms with van der Waals surface area (Å²) in [5.74, 6) is -0.210. The number of carbonyl (C=O) groups excluding carboxylic acids is 1. The molecule has 8 nitrogen and oxygen atoms in total. The van der Waals surface area contributed by atoms with Gasteiger partial charge in [-0.3, -0.25) is 19.8 Å². The molecule has 1 aliphatic rings. The normalized spacial score (nSPS) is 19.7. The maximum atomic E-state index is 12.4. The van der Waals surface area contributed by atoms with Gasteiger partial charge in [0.1, 0.15) is 0 Å². The Morgan fingerprint density at radius 2 is 2.38 bits per heavy atom. The van der Waals surface area contributed by atoms with E-state index < -0.39 is 4.92 Å². The summed E-state index contributed by atoms with van der Waals surface area (Å²) in [6.07, 6.45) is 1.85. The smallest absolute Gasteiger partial charge is 0.271 e. The minimum atomic E-state index is -0.493. The van der Waals surface area contributed by atoms with Crippen molar-refractivity contribution in [1.29, 1.82) is 0 Å². The Morgan fingerprint density at radius 3 is 3.08 bits per heavy atom. The van der Waals surface area contributed by atoms with Crippen molar-refractivity contribution < 1.29 is 19.6 Å². The van der Waals surface area contributed by atoms with Crippen LogP contribution in [0.1, 0.15) is 19.8 Å². The van der Waals surface area contributed by atoms with Crippen molar-refractivity contribution in [3.63, 3.8) is 0 Å². The van der Waals surface area contributed by atoms with E-state index in [1.165, 1.54) is 18.2 Å². The van der Waals surface area contributed by atoms with Crippen LogP contribution in [0.3, 0.4) is 0 Å². The Morgan fingerprint density at radius 1 is 1.58 bits per heavy atom. The number of amides is 1. The summed E-state index contributed by atoms with van der Waals surface area (Å²) in [7, 11) is 0.